The Morgan fingerprint density at radius 2 is 1.85 bits per heavy atom. The molecule has 0 radical (unpaired) electrons. The molecule has 0 spiro atoms. The van der Waals surface area contributed by atoms with Crippen LogP contribution in [0.4, 0.5) is 0 Å². The first-order valence-corrected chi connectivity index (χ1v) is 8.52. The van der Waals surface area contributed by atoms with E-state index in [0.717, 1.165) is 5.56 Å². The van der Waals surface area contributed by atoms with Crippen molar-refractivity contribution in [1.82, 2.24) is 10.2 Å². The van der Waals surface area contributed by atoms with Crippen LogP contribution in [0.5, 0.6) is 5.75 Å². The number of carbonyl (C=O) groups is 2. The van der Waals surface area contributed by atoms with E-state index in [1.54, 1.807) is 36.4 Å². The number of halogens is 1. The van der Waals surface area contributed by atoms with Gasteiger partial charge in [-0.05, 0) is 43.3 Å². The molecule has 0 saturated heterocycles. The van der Waals surface area contributed by atoms with Crippen LogP contribution < -0.4 is 4.74 Å². The summed E-state index contributed by atoms with van der Waals surface area (Å²) in [5, 5.41) is 7.42. The van der Waals surface area contributed by atoms with Gasteiger partial charge in [-0.2, -0.15) is 5.10 Å². The fraction of sp³-hybridized carbons (Fsp3) is 0.150. The Bertz CT molecular complexity index is 980. The lowest BCUT2D eigenvalue weighted by Gasteiger charge is -2.10. The minimum Gasteiger partial charge on any atom is -0.496 e. The first kappa shape index (κ1) is 18.7. The Morgan fingerprint density at radius 3 is 2.52 bits per heavy atom. The summed E-state index contributed by atoms with van der Waals surface area (Å²) in [5.41, 5.74) is 2.78. The molecule has 3 aromatic rings. The zero-order valence-corrected chi connectivity index (χ0v) is 15.5. The van der Waals surface area contributed by atoms with Gasteiger partial charge in [0.05, 0.1) is 12.8 Å². The SMILES string of the molecule is COc1ccc(C(C)=O)cc1COC(=O)c1cc(-c2ccc(Cl)cc2)n[nH]1. The molecule has 1 N–H and O–H groups in total. The predicted molar refractivity (Wildman–Crippen MR) is 101 cm³/mol. The van der Waals surface area contributed by atoms with E-state index in [4.69, 9.17) is 21.1 Å². The highest BCUT2D eigenvalue weighted by Crippen LogP contribution is 2.23. The summed E-state index contributed by atoms with van der Waals surface area (Å²) in [6, 6.07) is 13.7. The lowest BCUT2D eigenvalue weighted by atomic mass is 10.1. The number of rotatable bonds is 6. The number of esters is 1. The van der Waals surface area contributed by atoms with Crippen LogP contribution in [0.15, 0.2) is 48.5 Å². The molecule has 7 heteroatoms. The molecule has 1 aromatic heterocycles. The third kappa shape index (κ3) is 4.35. The van der Waals surface area contributed by atoms with Crippen LogP contribution in [0.2, 0.25) is 5.02 Å². The van der Waals surface area contributed by atoms with Crippen molar-refractivity contribution in [2.24, 2.45) is 0 Å². The van der Waals surface area contributed by atoms with Crippen LogP contribution in [0, 0.1) is 0 Å². The molecule has 0 bridgehead atoms. The van der Waals surface area contributed by atoms with Crippen molar-refractivity contribution in [3.63, 3.8) is 0 Å². The number of hydrogen-bond donors (Lipinski definition) is 1. The van der Waals surface area contributed by atoms with E-state index in [2.05, 4.69) is 10.2 Å². The van der Waals surface area contributed by atoms with E-state index in [1.807, 2.05) is 12.1 Å². The number of methoxy groups -OCH3 is 1. The first-order chi connectivity index (χ1) is 13.0. The van der Waals surface area contributed by atoms with Crippen molar-refractivity contribution < 1.29 is 19.1 Å². The molecule has 138 valence electrons. The van der Waals surface area contributed by atoms with Gasteiger partial charge in [0.2, 0.25) is 0 Å². The number of carbonyl (C=O) groups excluding carboxylic acids is 2. The molecule has 27 heavy (non-hydrogen) atoms. The van der Waals surface area contributed by atoms with Crippen LogP contribution in [0.3, 0.4) is 0 Å². The van der Waals surface area contributed by atoms with Gasteiger partial charge in [-0.25, -0.2) is 4.79 Å². The Hall–Kier alpha value is -3.12. The zero-order valence-electron chi connectivity index (χ0n) is 14.8. The lowest BCUT2D eigenvalue weighted by molar-refractivity contribution is 0.0463. The van der Waals surface area contributed by atoms with E-state index < -0.39 is 5.97 Å². The monoisotopic (exact) mass is 384 g/mol. The second kappa shape index (κ2) is 8.05. The van der Waals surface area contributed by atoms with Crippen LogP contribution in [0.1, 0.15) is 33.3 Å². The van der Waals surface area contributed by atoms with E-state index >= 15 is 0 Å². The van der Waals surface area contributed by atoms with Gasteiger partial charge in [-0.15, -0.1) is 0 Å². The molecule has 0 aliphatic rings. The largest absolute Gasteiger partial charge is 0.496 e. The Kier molecular flexibility index (Phi) is 5.57. The first-order valence-electron chi connectivity index (χ1n) is 8.14. The van der Waals surface area contributed by atoms with Crippen LogP contribution in [-0.2, 0) is 11.3 Å². The van der Waals surface area contributed by atoms with Crippen LogP contribution in [-0.4, -0.2) is 29.1 Å². The van der Waals surface area contributed by atoms with Crippen molar-refractivity contribution in [1.29, 1.82) is 0 Å². The van der Waals surface area contributed by atoms with E-state index in [9.17, 15) is 9.59 Å². The third-order valence-corrected chi connectivity index (χ3v) is 4.24. The maximum atomic E-state index is 12.3. The highest BCUT2D eigenvalue weighted by molar-refractivity contribution is 6.30. The van der Waals surface area contributed by atoms with Crippen molar-refractivity contribution in [3.05, 3.63) is 70.4 Å². The smallest absolute Gasteiger partial charge is 0.356 e. The van der Waals surface area contributed by atoms with Crippen molar-refractivity contribution in [3.8, 4) is 17.0 Å². The number of ketones is 1. The summed E-state index contributed by atoms with van der Waals surface area (Å²) in [5.74, 6) is -0.0938. The van der Waals surface area contributed by atoms with Gasteiger partial charge in [-0.1, -0.05) is 23.7 Å². The molecule has 2 aromatic carbocycles. The van der Waals surface area contributed by atoms with Crippen molar-refractivity contribution in [2.45, 2.75) is 13.5 Å². The van der Waals surface area contributed by atoms with E-state index in [0.29, 0.717) is 27.6 Å². The molecular weight excluding hydrogens is 368 g/mol. The maximum Gasteiger partial charge on any atom is 0.356 e. The Morgan fingerprint density at radius 1 is 1.11 bits per heavy atom. The van der Waals surface area contributed by atoms with Gasteiger partial charge in [0.1, 0.15) is 18.1 Å². The second-order valence-corrected chi connectivity index (χ2v) is 6.27. The number of ether oxygens (including phenoxy) is 2. The predicted octanol–water partition coefficient (Wildman–Crippen LogP) is 4.30. The fourth-order valence-corrected chi connectivity index (χ4v) is 2.65. The average Bonchev–Trinajstić information content (AvgIpc) is 3.16. The molecular formula is C20H17ClN2O4. The van der Waals surface area contributed by atoms with Gasteiger partial charge in [0.15, 0.2) is 5.78 Å². The van der Waals surface area contributed by atoms with Crippen LogP contribution in [0.25, 0.3) is 11.3 Å². The van der Waals surface area contributed by atoms with E-state index in [1.165, 1.54) is 14.0 Å². The molecule has 0 fully saturated rings. The van der Waals surface area contributed by atoms with Gasteiger partial charge in [0, 0.05) is 21.7 Å². The zero-order chi connectivity index (χ0) is 19.4. The van der Waals surface area contributed by atoms with Crippen molar-refractivity contribution >= 4 is 23.4 Å². The van der Waals surface area contributed by atoms with Gasteiger partial charge < -0.3 is 9.47 Å². The molecule has 0 amide bonds. The normalized spacial score (nSPS) is 10.5. The fourth-order valence-electron chi connectivity index (χ4n) is 2.53. The topological polar surface area (TPSA) is 81.3 Å². The number of nitrogens with zero attached hydrogens (tertiary/aromatic N) is 1. The number of hydrogen-bond acceptors (Lipinski definition) is 5. The quantitative estimate of drug-likeness (QED) is 0.506. The molecule has 0 aliphatic heterocycles. The second-order valence-electron chi connectivity index (χ2n) is 5.83. The summed E-state index contributed by atoms with van der Waals surface area (Å²) in [6.07, 6.45) is 0. The molecule has 6 nitrogen and oxygen atoms in total. The Labute approximate surface area is 161 Å². The lowest BCUT2D eigenvalue weighted by Crippen LogP contribution is -2.07. The average molecular weight is 385 g/mol. The number of Topliss-reactive ketones (excluding diaryl/α,β-unsaturated/α-hetero) is 1. The maximum absolute atomic E-state index is 12.3. The van der Waals surface area contributed by atoms with Gasteiger partial charge >= 0.3 is 5.97 Å². The summed E-state index contributed by atoms with van der Waals surface area (Å²) in [6.45, 7) is 1.44. The highest BCUT2D eigenvalue weighted by Gasteiger charge is 2.15. The molecule has 0 atom stereocenters. The Balaban J connectivity index is 1.72. The number of H-pyrrole nitrogens is 1. The molecule has 0 unspecified atom stereocenters. The number of aromatic nitrogens is 2. The summed E-state index contributed by atoms with van der Waals surface area (Å²) >= 11 is 5.88. The standard InChI is InChI=1S/C20H17ClN2O4/c1-12(24)14-5-8-19(26-2)15(9-14)11-27-20(25)18-10-17(22-23-18)13-3-6-16(21)7-4-13/h3-10H,11H2,1-2H3,(H,22,23). The van der Waals surface area contributed by atoms with E-state index in [-0.39, 0.29) is 18.1 Å². The number of nitrogens with one attached hydrogen (secondary N) is 1. The minimum absolute atomic E-state index is 0.0293. The summed E-state index contributed by atoms with van der Waals surface area (Å²) < 4.78 is 10.6. The third-order valence-electron chi connectivity index (χ3n) is 3.98. The minimum atomic E-state index is -0.557. The summed E-state index contributed by atoms with van der Waals surface area (Å²) in [4.78, 5) is 23.9. The van der Waals surface area contributed by atoms with Gasteiger partial charge in [0.25, 0.3) is 0 Å². The van der Waals surface area contributed by atoms with Crippen LogP contribution >= 0.6 is 11.6 Å². The van der Waals surface area contributed by atoms with Crippen molar-refractivity contribution in [2.75, 3.05) is 7.11 Å². The summed E-state index contributed by atoms with van der Waals surface area (Å²) in [7, 11) is 1.52. The number of benzene rings is 2. The molecule has 3 rings (SSSR count). The van der Waals surface area contributed by atoms with Gasteiger partial charge in [-0.3, -0.25) is 9.89 Å². The molecule has 1 heterocycles. The number of aromatic amines is 1. The molecule has 0 aliphatic carbocycles. The highest BCUT2D eigenvalue weighted by atomic mass is 35.5. The molecule has 0 saturated carbocycles.